The Bertz CT molecular complexity index is 1260. The molecule has 1 aliphatic rings. The van der Waals surface area contributed by atoms with E-state index in [4.69, 9.17) is 0 Å². The summed E-state index contributed by atoms with van der Waals surface area (Å²) in [6.45, 7) is 2.22. The molecule has 2 heterocycles. The highest BCUT2D eigenvalue weighted by atomic mass is 19.4. The number of nitrogens with one attached hydrogen (secondary N) is 1. The average Bonchev–Trinajstić information content (AvgIpc) is 3.31. The summed E-state index contributed by atoms with van der Waals surface area (Å²) in [5.74, 6) is -5.26. The number of halogens is 6. The number of carbonyl (C=O) groups excluding carboxylic acids is 1. The monoisotopic (exact) mass is 539 g/mol. The molecule has 204 valence electrons. The van der Waals surface area contributed by atoms with Gasteiger partial charge in [0.05, 0.1) is 6.54 Å². The van der Waals surface area contributed by atoms with E-state index < -0.39 is 35.4 Å². The van der Waals surface area contributed by atoms with Crippen LogP contribution in [0.1, 0.15) is 48.6 Å². The molecule has 1 aromatic heterocycles. The van der Waals surface area contributed by atoms with Crippen molar-refractivity contribution in [1.82, 2.24) is 25.0 Å². The van der Waals surface area contributed by atoms with Crippen molar-refractivity contribution in [3.8, 4) is 0 Å². The van der Waals surface area contributed by atoms with Gasteiger partial charge in [-0.3, -0.25) is 4.79 Å². The maximum atomic E-state index is 14.4. The molecule has 4 rings (SSSR count). The van der Waals surface area contributed by atoms with Crippen LogP contribution in [0.3, 0.4) is 0 Å². The molecule has 6 nitrogen and oxygen atoms in total. The summed E-state index contributed by atoms with van der Waals surface area (Å²) in [4.78, 5) is 14.5. The van der Waals surface area contributed by atoms with Crippen LogP contribution in [-0.2, 0) is 30.5 Å². The van der Waals surface area contributed by atoms with Crippen molar-refractivity contribution in [3.05, 3.63) is 82.7 Å². The lowest BCUT2D eigenvalue weighted by Crippen LogP contribution is -2.40. The third-order valence-corrected chi connectivity index (χ3v) is 6.72. The maximum absolute atomic E-state index is 14.4. The summed E-state index contributed by atoms with van der Waals surface area (Å²) in [6, 6.07) is 10.9. The highest BCUT2D eigenvalue weighted by Gasteiger charge is 2.40. The van der Waals surface area contributed by atoms with Crippen molar-refractivity contribution in [2.75, 3.05) is 13.1 Å². The Morgan fingerprint density at radius 3 is 2.45 bits per heavy atom. The van der Waals surface area contributed by atoms with Crippen molar-refractivity contribution in [2.45, 2.75) is 51.5 Å². The Kier molecular flexibility index (Phi) is 8.39. The van der Waals surface area contributed by atoms with Crippen LogP contribution >= 0.6 is 0 Å². The van der Waals surface area contributed by atoms with Gasteiger partial charge in [0.2, 0.25) is 11.7 Å². The molecule has 1 N–H and O–H groups in total. The summed E-state index contributed by atoms with van der Waals surface area (Å²) < 4.78 is 82.0. The number of fused-ring (bicyclic) bond motifs is 1. The van der Waals surface area contributed by atoms with E-state index in [2.05, 4.69) is 15.5 Å². The summed E-state index contributed by atoms with van der Waals surface area (Å²) in [5, 5.41) is 10.2. The molecule has 1 unspecified atom stereocenters. The predicted molar refractivity (Wildman–Crippen MR) is 126 cm³/mol. The quantitative estimate of drug-likeness (QED) is 0.306. The van der Waals surface area contributed by atoms with Gasteiger partial charge in [-0.15, -0.1) is 10.2 Å². The van der Waals surface area contributed by atoms with E-state index >= 15 is 0 Å². The molecule has 0 spiro atoms. The number of aromatic nitrogens is 3. The second-order valence-electron chi connectivity index (χ2n) is 9.41. The SMILES string of the molecule is C[C@H](NCCC(CC(=O)N1CCn2c(nnc2C(F)(F)F)C1)Cc1cc(F)c(F)cc1F)c1ccccc1. The van der Waals surface area contributed by atoms with Gasteiger partial charge in [-0.2, -0.15) is 13.2 Å². The number of nitrogens with zero attached hydrogens (tertiary/aromatic N) is 4. The molecule has 0 fully saturated rings. The fourth-order valence-corrected chi connectivity index (χ4v) is 4.63. The topological polar surface area (TPSA) is 63.1 Å². The van der Waals surface area contributed by atoms with E-state index in [1.54, 1.807) is 0 Å². The lowest BCUT2D eigenvalue weighted by Gasteiger charge is -2.29. The second-order valence-corrected chi connectivity index (χ2v) is 9.41. The minimum absolute atomic E-state index is 0.00355. The lowest BCUT2D eigenvalue weighted by atomic mass is 9.91. The summed E-state index contributed by atoms with van der Waals surface area (Å²) >= 11 is 0. The normalized spacial score (nSPS) is 15.3. The van der Waals surface area contributed by atoms with E-state index in [-0.39, 0.29) is 55.8 Å². The third-order valence-electron chi connectivity index (χ3n) is 6.72. The third kappa shape index (κ3) is 6.53. The molecular formula is C26H27F6N5O. The largest absolute Gasteiger partial charge is 0.451 e. The average molecular weight is 540 g/mol. The van der Waals surface area contributed by atoms with Gasteiger partial charge in [-0.05, 0) is 49.4 Å². The minimum Gasteiger partial charge on any atom is -0.333 e. The highest BCUT2D eigenvalue weighted by Crippen LogP contribution is 2.30. The molecule has 0 radical (unpaired) electrons. The van der Waals surface area contributed by atoms with Gasteiger partial charge in [0.25, 0.3) is 0 Å². The molecule has 0 aliphatic carbocycles. The molecule has 38 heavy (non-hydrogen) atoms. The first-order valence-electron chi connectivity index (χ1n) is 12.2. The molecule has 2 atom stereocenters. The van der Waals surface area contributed by atoms with E-state index in [1.807, 2.05) is 37.3 Å². The fourth-order valence-electron chi connectivity index (χ4n) is 4.63. The zero-order valence-electron chi connectivity index (χ0n) is 20.6. The first-order valence-corrected chi connectivity index (χ1v) is 12.2. The lowest BCUT2D eigenvalue weighted by molar-refractivity contribution is -0.148. The van der Waals surface area contributed by atoms with E-state index in [0.29, 0.717) is 19.0 Å². The number of hydrogen-bond acceptors (Lipinski definition) is 4. The summed E-state index contributed by atoms with van der Waals surface area (Å²) in [7, 11) is 0. The van der Waals surface area contributed by atoms with Crippen molar-refractivity contribution in [1.29, 1.82) is 0 Å². The van der Waals surface area contributed by atoms with Crippen LogP contribution in [0.2, 0.25) is 0 Å². The van der Waals surface area contributed by atoms with Crippen LogP contribution in [-0.4, -0.2) is 38.7 Å². The van der Waals surface area contributed by atoms with Gasteiger partial charge in [0.1, 0.15) is 5.82 Å². The number of amides is 1. The van der Waals surface area contributed by atoms with Gasteiger partial charge in [-0.1, -0.05) is 30.3 Å². The van der Waals surface area contributed by atoms with Gasteiger partial charge in [0, 0.05) is 31.6 Å². The first-order chi connectivity index (χ1) is 18.0. The maximum Gasteiger partial charge on any atom is 0.451 e. The van der Waals surface area contributed by atoms with Gasteiger partial charge in [-0.25, -0.2) is 13.2 Å². The fraction of sp³-hybridized carbons (Fsp3) is 0.423. The highest BCUT2D eigenvalue weighted by molar-refractivity contribution is 5.76. The number of benzene rings is 2. The predicted octanol–water partition coefficient (Wildman–Crippen LogP) is 5.05. The molecule has 2 aromatic carbocycles. The van der Waals surface area contributed by atoms with Crippen molar-refractivity contribution in [3.63, 3.8) is 0 Å². The zero-order valence-corrected chi connectivity index (χ0v) is 20.6. The van der Waals surface area contributed by atoms with Crippen molar-refractivity contribution in [2.24, 2.45) is 5.92 Å². The molecule has 3 aromatic rings. The van der Waals surface area contributed by atoms with Crippen LogP contribution in [0.5, 0.6) is 0 Å². The Morgan fingerprint density at radius 1 is 1.03 bits per heavy atom. The van der Waals surface area contributed by atoms with Crippen LogP contribution in [0.15, 0.2) is 42.5 Å². The molecular weight excluding hydrogens is 512 g/mol. The van der Waals surface area contributed by atoms with E-state index in [0.717, 1.165) is 16.2 Å². The molecule has 0 saturated heterocycles. The van der Waals surface area contributed by atoms with Crippen LogP contribution < -0.4 is 5.32 Å². The second kappa shape index (κ2) is 11.5. The van der Waals surface area contributed by atoms with Crippen LogP contribution in [0.4, 0.5) is 26.3 Å². The number of rotatable bonds is 9. The van der Waals surface area contributed by atoms with Gasteiger partial charge >= 0.3 is 6.18 Å². The molecule has 0 bridgehead atoms. The Morgan fingerprint density at radius 2 is 1.74 bits per heavy atom. The van der Waals surface area contributed by atoms with E-state index in [1.165, 1.54) is 4.90 Å². The van der Waals surface area contributed by atoms with Gasteiger partial charge in [0.15, 0.2) is 17.5 Å². The Labute approximate surface area is 215 Å². The van der Waals surface area contributed by atoms with Gasteiger partial charge < -0.3 is 14.8 Å². The molecule has 12 heteroatoms. The standard InChI is InChI=1S/C26H27F6N5O/c1-16(18-5-3-2-4-6-18)33-8-7-17(11-19-13-21(28)22(29)14-20(19)27)12-24(38)36-9-10-37-23(15-36)34-35-25(37)26(30,31)32/h2-6,13-14,16-17,33H,7-12,15H2,1H3/t16-,17?/m0/s1. The smallest absolute Gasteiger partial charge is 0.333 e. The Balaban J connectivity index is 1.44. The number of hydrogen-bond donors (Lipinski definition) is 1. The molecule has 0 saturated carbocycles. The van der Waals surface area contributed by atoms with Crippen molar-refractivity contribution >= 4 is 5.91 Å². The number of alkyl halides is 3. The zero-order chi connectivity index (χ0) is 27.4. The first kappa shape index (κ1) is 27.6. The minimum atomic E-state index is -4.65. The van der Waals surface area contributed by atoms with Crippen LogP contribution in [0, 0.1) is 23.4 Å². The number of carbonyl (C=O) groups is 1. The summed E-state index contributed by atoms with van der Waals surface area (Å²) in [6.07, 6.45) is -4.30. The van der Waals surface area contributed by atoms with Crippen LogP contribution in [0.25, 0.3) is 0 Å². The summed E-state index contributed by atoms with van der Waals surface area (Å²) in [5.41, 5.74) is 1.01. The molecule has 1 amide bonds. The Hall–Kier alpha value is -3.41. The van der Waals surface area contributed by atoms with Crippen molar-refractivity contribution < 1.29 is 31.1 Å². The van der Waals surface area contributed by atoms with E-state index in [9.17, 15) is 31.1 Å². The molecule has 1 aliphatic heterocycles.